The number of aryl methyl sites for hydroxylation is 1. The topological polar surface area (TPSA) is 55.1 Å². The van der Waals surface area contributed by atoms with Gasteiger partial charge in [-0.1, -0.05) is 30.3 Å². The Kier molecular flexibility index (Phi) is 4.15. The average molecular weight is 232 g/mol. The van der Waals surface area contributed by atoms with E-state index in [1.165, 1.54) is 18.4 Å². The number of carbonyl (C=O) groups is 1. The SMILES string of the molecule is NCC(NC(=O)CCc1ccccc1)C1CC1. The standard InChI is InChI=1S/C14H20N2O/c15-10-13(12-7-8-12)16-14(17)9-6-11-4-2-1-3-5-11/h1-5,12-13H,6-10,15H2,(H,16,17). The lowest BCUT2D eigenvalue weighted by Crippen LogP contribution is -2.41. The van der Waals surface area contributed by atoms with E-state index >= 15 is 0 Å². The van der Waals surface area contributed by atoms with Gasteiger partial charge in [0.15, 0.2) is 0 Å². The summed E-state index contributed by atoms with van der Waals surface area (Å²) in [4.78, 5) is 11.8. The molecule has 1 aliphatic carbocycles. The van der Waals surface area contributed by atoms with Gasteiger partial charge < -0.3 is 11.1 Å². The molecule has 1 atom stereocenters. The fourth-order valence-corrected chi connectivity index (χ4v) is 2.05. The van der Waals surface area contributed by atoms with Crippen molar-refractivity contribution in [2.75, 3.05) is 6.54 Å². The smallest absolute Gasteiger partial charge is 0.220 e. The van der Waals surface area contributed by atoms with Crippen LogP contribution in [0.4, 0.5) is 0 Å². The van der Waals surface area contributed by atoms with E-state index in [1.54, 1.807) is 0 Å². The van der Waals surface area contributed by atoms with Crippen LogP contribution < -0.4 is 11.1 Å². The summed E-state index contributed by atoms with van der Waals surface area (Å²) in [6.07, 6.45) is 3.77. The third-order valence-electron chi connectivity index (χ3n) is 3.27. The highest BCUT2D eigenvalue weighted by molar-refractivity contribution is 5.76. The van der Waals surface area contributed by atoms with Crippen LogP contribution in [0.15, 0.2) is 30.3 Å². The van der Waals surface area contributed by atoms with Gasteiger partial charge in [0.2, 0.25) is 5.91 Å². The minimum Gasteiger partial charge on any atom is -0.352 e. The van der Waals surface area contributed by atoms with Crippen LogP contribution in [0.2, 0.25) is 0 Å². The molecule has 1 fully saturated rings. The van der Waals surface area contributed by atoms with Crippen LogP contribution >= 0.6 is 0 Å². The monoisotopic (exact) mass is 232 g/mol. The van der Waals surface area contributed by atoms with Crippen molar-refractivity contribution in [3.05, 3.63) is 35.9 Å². The summed E-state index contributed by atoms with van der Waals surface area (Å²) in [5.41, 5.74) is 6.86. The summed E-state index contributed by atoms with van der Waals surface area (Å²) >= 11 is 0. The van der Waals surface area contributed by atoms with Crippen molar-refractivity contribution in [3.63, 3.8) is 0 Å². The molecule has 3 heteroatoms. The van der Waals surface area contributed by atoms with E-state index in [0.717, 1.165) is 6.42 Å². The maximum atomic E-state index is 11.8. The minimum atomic E-state index is 0.121. The Labute approximate surface area is 102 Å². The summed E-state index contributed by atoms with van der Waals surface area (Å²) in [6, 6.07) is 10.3. The Morgan fingerprint density at radius 2 is 2.06 bits per heavy atom. The van der Waals surface area contributed by atoms with E-state index in [9.17, 15) is 4.79 Å². The second-order valence-electron chi connectivity index (χ2n) is 4.73. The molecule has 17 heavy (non-hydrogen) atoms. The van der Waals surface area contributed by atoms with Crippen LogP contribution in [-0.4, -0.2) is 18.5 Å². The van der Waals surface area contributed by atoms with Crippen molar-refractivity contribution in [2.45, 2.75) is 31.7 Å². The highest BCUT2D eigenvalue weighted by Crippen LogP contribution is 2.32. The summed E-state index contributed by atoms with van der Waals surface area (Å²) in [5.74, 6) is 0.747. The Hall–Kier alpha value is -1.35. The molecule has 0 spiro atoms. The van der Waals surface area contributed by atoms with Crippen molar-refractivity contribution < 1.29 is 4.79 Å². The van der Waals surface area contributed by atoms with E-state index in [0.29, 0.717) is 18.9 Å². The molecule has 3 N–H and O–H groups in total. The Morgan fingerprint density at radius 3 is 2.65 bits per heavy atom. The molecule has 1 aliphatic rings. The molecule has 0 heterocycles. The lowest BCUT2D eigenvalue weighted by Gasteiger charge is -2.15. The largest absolute Gasteiger partial charge is 0.352 e. The first-order valence-corrected chi connectivity index (χ1v) is 6.33. The van der Waals surface area contributed by atoms with Crippen LogP contribution in [0.25, 0.3) is 0 Å². The first-order chi connectivity index (χ1) is 8.29. The number of hydrogen-bond donors (Lipinski definition) is 2. The van der Waals surface area contributed by atoms with Crippen molar-refractivity contribution in [1.29, 1.82) is 0 Å². The molecular formula is C14H20N2O. The molecule has 0 aliphatic heterocycles. The molecule has 2 rings (SSSR count). The quantitative estimate of drug-likeness (QED) is 0.780. The fourth-order valence-electron chi connectivity index (χ4n) is 2.05. The first kappa shape index (κ1) is 12.1. The van der Waals surface area contributed by atoms with Crippen molar-refractivity contribution in [3.8, 4) is 0 Å². The van der Waals surface area contributed by atoms with Gasteiger partial charge in [0.25, 0.3) is 0 Å². The minimum absolute atomic E-state index is 0.121. The van der Waals surface area contributed by atoms with Gasteiger partial charge in [-0.3, -0.25) is 4.79 Å². The molecule has 0 saturated heterocycles. The van der Waals surface area contributed by atoms with Crippen LogP contribution in [0.3, 0.4) is 0 Å². The predicted molar refractivity (Wildman–Crippen MR) is 68.5 cm³/mol. The molecule has 0 aromatic heterocycles. The number of nitrogens with two attached hydrogens (primary N) is 1. The Balaban J connectivity index is 1.73. The van der Waals surface area contributed by atoms with E-state index in [4.69, 9.17) is 5.73 Å². The zero-order chi connectivity index (χ0) is 12.1. The predicted octanol–water partition coefficient (Wildman–Crippen LogP) is 1.47. The number of amides is 1. The molecular weight excluding hydrogens is 212 g/mol. The van der Waals surface area contributed by atoms with Gasteiger partial charge in [-0.2, -0.15) is 0 Å². The maximum absolute atomic E-state index is 11.8. The normalized spacial score (nSPS) is 16.5. The second-order valence-corrected chi connectivity index (χ2v) is 4.73. The van der Waals surface area contributed by atoms with E-state index in [-0.39, 0.29) is 11.9 Å². The van der Waals surface area contributed by atoms with Crippen molar-refractivity contribution >= 4 is 5.91 Å². The fraction of sp³-hybridized carbons (Fsp3) is 0.500. The third kappa shape index (κ3) is 3.86. The summed E-state index contributed by atoms with van der Waals surface area (Å²) in [5, 5.41) is 3.03. The molecule has 0 radical (unpaired) electrons. The number of benzene rings is 1. The van der Waals surface area contributed by atoms with Crippen LogP contribution in [0, 0.1) is 5.92 Å². The molecule has 1 aromatic rings. The first-order valence-electron chi connectivity index (χ1n) is 6.33. The van der Waals surface area contributed by atoms with Crippen LogP contribution in [0.1, 0.15) is 24.8 Å². The maximum Gasteiger partial charge on any atom is 0.220 e. The molecule has 3 nitrogen and oxygen atoms in total. The average Bonchev–Trinajstić information content (AvgIpc) is 3.19. The van der Waals surface area contributed by atoms with Crippen LogP contribution in [-0.2, 0) is 11.2 Å². The number of carbonyl (C=O) groups excluding carboxylic acids is 1. The number of rotatable bonds is 6. The third-order valence-corrected chi connectivity index (χ3v) is 3.27. The zero-order valence-electron chi connectivity index (χ0n) is 10.1. The molecule has 92 valence electrons. The Bertz CT molecular complexity index is 360. The summed E-state index contributed by atoms with van der Waals surface area (Å²) < 4.78 is 0. The molecule has 1 amide bonds. The van der Waals surface area contributed by atoms with Gasteiger partial charge in [0, 0.05) is 19.0 Å². The van der Waals surface area contributed by atoms with Gasteiger partial charge in [0.05, 0.1) is 0 Å². The Morgan fingerprint density at radius 1 is 1.35 bits per heavy atom. The highest BCUT2D eigenvalue weighted by Gasteiger charge is 2.30. The molecule has 1 unspecified atom stereocenters. The van der Waals surface area contributed by atoms with Gasteiger partial charge in [-0.15, -0.1) is 0 Å². The lowest BCUT2D eigenvalue weighted by atomic mass is 10.1. The van der Waals surface area contributed by atoms with Gasteiger partial charge in [0.1, 0.15) is 0 Å². The summed E-state index contributed by atoms with van der Waals surface area (Å²) in [7, 11) is 0. The van der Waals surface area contributed by atoms with Crippen molar-refractivity contribution in [2.24, 2.45) is 11.7 Å². The summed E-state index contributed by atoms with van der Waals surface area (Å²) in [6.45, 7) is 0.557. The number of hydrogen-bond acceptors (Lipinski definition) is 2. The number of nitrogens with one attached hydrogen (secondary N) is 1. The van der Waals surface area contributed by atoms with E-state index in [2.05, 4.69) is 17.4 Å². The van der Waals surface area contributed by atoms with Gasteiger partial charge in [-0.25, -0.2) is 0 Å². The van der Waals surface area contributed by atoms with Crippen LogP contribution in [0.5, 0.6) is 0 Å². The molecule has 1 saturated carbocycles. The highest BCUT2D eigenvalue weighted by atomic mass is 16.1. The van der Waals surface area contributed by atoms with Gasteiger partial charge in [-0.05, 0) is 30.7 Å². The van der Waals surface area contributed by atoms with Crippen molar-refractivity contribution in [1.82, 2.24) is 5.32 Å². The second kappa shape index (κ2) is 5.82. The molecule has 1 aromatic carbocycles. The zero-order valence-corrected chi connectivity index (χ0v) is 10.1. The van der Waals surface area contributed by atoms with Gasteiger partial charge >= 0.3 is 0 Å². The van der Waals surface area contributed by atoms with E-state index < -0.39 is 0 Å². The molecule has 0 bridgehead atoms. The lowest BCUT2D eigenvalue weighted by molar-refractivity contribution is -0.121. The van der Waals surface area contributed by atoms with E-state index in [1.807, 2.05) is 18.2 Å².